The van der Waals surface area contributed by atoms with E-state index in [2.05, 4.69) is 32.4 Å². The molecule has 1 N–H and O–H groups in total. The van der Waals surface area contributed by atoms with Gasteiger partial charge in [0.15, 0.2) is 0 Å². The number of aliphatic imine (C=N–C) groups is 1. The van der Waals surface area contributed by atoms with Crippen LogP contribution in [0.5, 0.6) is 5.75 Å². The average molecular weight is 522 g/mol. The maximum absolute atomic E-state index is 12.3. The number of hydrogen-bond donors (Lipinski definition) is 1. The molecule has 0 atom stereocenters. The van der Waals surface area contributed by atoms with Gasteiger partial charge in [-0.3, -0.25) is 14.5 Å². The van der Waals surface area contributed by atoms with Crippen molar-refractivity contribution in [3.05, 3.63) is 65.7 Å². The minimum absolute atomic E-state index is 0.212. The van der Waals surface area contributed by atoms with Crippen LogP contribution in [-0.4, -0.2) is 73.9 Å². The van der Waals surface area contributed by atoms with E-state index < -0.39 is 18.3 Å². The number of carbonyl (C=O) groups excluding carboxylic acids is 2. The molecule has 1 amide bonds. The first kappa shape index (κ1) is 28.8. The third kappa shape index (κ3) is 10.7. The Balaban J connectivity index is 1.51. The summed E-state index contributed by atoms with van der Waals surface area (Å²) >= 11 is 0. The largest absolute Gasteiger partial charge is 0.494 e. The van der Waals surface area contributed by atoms with Crippen LogP contribution in [0.4, 0.5) is 0 Å². The summed E-state index contributed by atoms with van der Waals surface area (Å²) in [7, 11) is 1.69. The minimum atomic E-state index is -0.605. The summed E-state index contributed by atoms with van der Waals surface area (Å²) in [4.78, 5) is 30.6. The Labute approximate surface area is 225 Å². The molecular weight excluding hydrogens is 482 g/mol. The maximum atomic E-state index is 12.3. The number of hydrazone groups is 1. The molecule has 1 saturated heterocycles. The summed E-state index contributed by atoms with van der Waals surface area (Å²) in [5.41, 5.74) is 2.17. The quantitative estimate of drug-likeness (QED) is 0.113. The Bertz CT molecular complexity index is 1070. The molecule has 0 saturated carbocycles. The van der Waals surface area contributed by atoms with Gasteiger partial charge >= 0.3 is 5.97 Å². The average Bonchev–Trinajstić information content (AvgIpc) is 2.92. The fourth-order valence-electron chi connectivity index (χ4n) is 4.04. The maximum Gasteiger partial charge on any atom is 0.315 e. The van der Waals surface area contributed by atoms with E-state index in [1.165, 1.54) is 29.8 Å². The van der Waals surface area contributed by atoms with Crippen LogP contribution < -0.4 is 10.1 Å². The smallest absolute Gasteiger partial charge is 0.315 e. The summed E-state index contributed by atoms with van der Waals surface area (Å²) < 4.78 is 10.8. The number of nitrogens with one attached hydrogen (secondary N) is 1. The van der Waals surface area contributed by atoms with Gasteiger partial charge in [-0.2, -0.15) is 10.1 Å². The van der Waals surface area contributed by atoms with Gasteiger partial charge in [0.2, 0.25) is 5.96 Å². The molecule has 204 valence electrons. The van der Waals surface area contributed by atoms with Crippen LogP contribution in [-0.2, 0) is 20.9 Å². The van der Waals surface area contributed by atoms with E-state index in [4.69, 9.17) is 9.47 Å². The second-order valence-corrected chi connectivity index (χ2v) is 9.10. The first-order valence-corrected chi connectivity index (χ1v) is 13.3. The van der Waals surface area contributed by atoms with E-state index in [1.807, 2.05) is 42.5 Å². The zero-order chi connectivity index (χ0) is 27.0. The summed E-state index contributed by atoms with van der Waals surface area (Å²) in [6, 6.07) is 17.9. The van der Waals surface area contributed by atoms with Crippen molar-refractivity contribution < 1.29 is 19.1 Å². The molecule has 1 aliphatic rings. The molecule has 0 aromatic heterocycles. The molecule has 9 nitrogen and oxygen atoms in total. The molecule has 0 aliphatic carbocycles. The van der Waals surface area contributed by atoms with Crippen LogP contribution in [0.25, 0.3) is 0 Å². The SMILES string of the molecule is CCOC(=O)CC(=O)/N=C(/NCCCOc1cccc(CN2CCCCC2)c1)N(C)/N=C/c1ccccc1. The first-order chi connectivity index (χ1) is 18.5. The van der Waals surface area contributed by atoms with Crippen LogP contribution in [0.2, 0.25) is 0 Å². The highest BCUT2D eigenvalue weighted by molar-refractivity contribution is 6.01. The van der Waals surface area contributed by atoms with Gasteiger partial charge in [0.05, 0.1) is 19.4 Å². The van der Waals surface area contributed by atoms with Gasteiger partial charge in [0.25, 0.3) is 5.91 Å². The van der Waals surface area contributed by atoms with Crippen LogP contribution in [0, 0.1) is 0 Å². The monoisotopic (exact) mass is 521 g/mol. The highest BCUT2D eigenvalue weighted by Gasteiger charge is 2.14. The topological polar surface area (TPSA) is 95.8 Å². The summed E-state index contributed by atoms with van der Waals surface area (Å²) in [6.07, 6.45) is 5.80. The van der Waals surface area contributed by atoms with Crippen LogP contribution in [0.3, 0.4) is 0 Å². The van der Waals surface area contributed by atoms with Gasteiger partial charge in [-0.1, -0.05) is 48.9 Å². The number of rotatable bonds is 12. The highest BCUT2D eigenvalue weighted by Crippen LogP contribution is 2.17. The van der Waals surface area contributed by atoms with Gasteiger partial charge in [-0.05, 0) is 62.5 Å². The summed E-state index contributed by atoms with van der Waals surface area (Å²) in [5, 5.41) is 9.00. The number of ether oxygens (including phenoxy) is 2. The third-order valence-electron chi connectivity index (χ3n) is 5.94. The Morgan fingerprint density at radius 1 is 1.08 bits per heavy atom. The summed E-state index contributed by atoms with van der Waals surface area (Å²) in [5.74, 6) is -0.112. The number of benzene rings is 2. The third-order valence-corrected chi connectivity index (χ3v) is 5.94. The number of likely N-dealkylation sites (tertiary alicyclic amines) is 1. The molecular formula is C29H39N5O4. The molecule has 9 heteroatoms. The lowest BCUT2D eigenvalue weighted by Crippen LogP contribution is -2.37. The molecule has 38 heavy (non-hydrogen) atoms. The van der Waals surface area contributed by atoms with Gasteiger partial charge in [0.1, 0.15) is 12.2 Å². The Morgan fingerprint density at radius 2 is 1.87 bits per heavy atom. The number of hydrogen-bond acceptors (Lipinski definition) is 6. The molecule has 0 unspecified atom stereocenters. The van der Waals surface area contributed by atoms with E-state index in [0.29, 0.717) is 19.6 Å². The number of piperidine rings is 1. The van der Waals surface area contributed by atoms with Crippen molar-refractivity contribution >= 4 is 24.1 Å². The van der Waals surface area contributed by atoms with Crippen molar-refractivity contribution in [3.63, 3.8) is 0 Å². The van der Waals surface area contributed by atoms with Gasteiger partial charge in [0, 0.05) is 20.1 Å². The Hall–Kier alpha value is -3.72. The van der Waals surface area contributed by atoms with Crippen molar-refractivity contribution in [3.8, 4) is 5.75 Å². The molecule has 1 heterocycles. The highest BCUT2D eigenvalue weighted by atomic mass is 16.5. The normalized spacial score (nSPS) is 14.3. The van der Waals surface area contributed by atoms with Crippen molar-refractivity contribution in [2.75, 3.05) is 39.9 Å². The number of esters is 1. The van der Waals surface area contributed by atoms with Crippen molar-refractivity contribution in [2.24, 2.45) is 10.1 Å². The van der Waals surface area contributed by atoms with E-state index in [0.717, 1.165) is 30.9 Å². The second kappa shape index (κ2) is 16.2. The predicted octanol–water partition coefficient (Wildman–Crippen LogP) is 3.83. The summed E-state index contributed by atoms with van der Waals surface area (Å²) in [6.45, 7) is 6.18. The van der Waals surface area contributed by atoms with E-state index in [-0.39, 0.29) is 12.6 Å². The number of nitrogens with zero attached hydrogens (tertiary/aromatic N) is 4. The van der Waals surface area contributed by atoms with E-state index >= 15 is 0 Å². The lowest BCUT2D eigenvalue weighted by atomic mass is 10.1. The molecule has 3 rings (SSSR count). The molecule has 0 bridgehead atoms. The second-order valence-electron chi connectivity index (χ2n) is 9.10. The fraction of sp³-hybridized carbons (Fsp3) is 0.448. The molecule has 1 fully saturated rings. The fourth-order valence-corrected chi connectivity index (χ4v) is 4.04. The Morgan fingerprint density at radius 3 is 2.63 bits per heavy atom. The number of amides is 1. The van der Waals surface area contributed by atoms with Gasteiger partial charge in [-0.25, -0.2) is 5.01 Å². The van der Waals surface area contributed by atoms with Crippen LogP contribution in [0.15, 0.2) is 64.7 Å². The van der Waals surface area contributed by atoms with Gasteiger partial charge in [-0.15, -0.1) is 0 Å². The molecule has 2 aromatic rings. The molecule has 2 aromatic carbocycles. The van der Waals surface area contributed by atoms with E-state index in [9.17, 15) is 9.59 Å². The van der Waals surface area contributed by atoms with Gasteiger partial charge < -0.3 is 14.8 Å². The van der Waals surface area contributed by atoms with Crippen molar-refractivity contribution in [2.45, 2.75) is 45.6 Å². The number of guanidine groups is 1. The first-order valence-electron chi connectivity index (χ1n) is 13.3. The van der Waals surface area contributed by atoms with Crippen LogP contribution >= 0.6 is 0 Å². The molecule has 1 aliphatic heterocycles. The lowest BCUT2D eigenvalue weighted by molar-refractivity contribution is -0.145. The zero-order valence-electron chi connectivity index (χ0n) is 22.5. The van der Waals surface area contributed by atoms with Crippen molar-refractivity contribution in [1.29, 1.82) is 0 Å². The molecule has 0 spiro atoms. The standard InChI is InChI=1S/C29H39N5O4/c1-3-37-28(36)21-27(35)32-29(33(2)31-22-24-12-6-4-7-13-24)30-16-11-19-38-26-15-10-14-25(20-26)23-34-17-8-5-9-18-34/h4,6-7,10,12-15,20,22H,3,5,8-9,11,16-19,21,23H2,1-2H3,(H,30,32,35)/b31-22+. The molecule has 0 radical (unpaired) electrons. The van der Waals surface area contributed by atoms with Crippen LogP contribution in [0.1, 0.15) is 50.2 Å². The zero-order valence-corrected chi connectivity index (χ0v) is 22.5. The predicted molar refractivity (Wildman–Crippen MR) is 149 cm³/mol. The van der Waals surface area contributed by atoms with E-state index in [1.54, 1.807) is 20.2 Å². The minimum Gasteiger partial charge on any atom is -0.494 e. The Kier molecular flexibility index (Phi) is 12.3. The lowest BCUT2D eigenvalue weighted by Gasteiger charge is -2.26. The number of carbonyl (C=O) groups is 2. The van der Waals surface area contributed by atoms with Crippen molar-refractivity contribution in [1.82, 2.24) is 15.2 Å².